The number of ether oxygens (including phenoxy) is 2. The first-order valence-electron chi connectivity index (χ1n) is 6.64. The molecule has 0 aliphatic carbocycles. The van der Waals surface area contributed by atoms with E-state index in [1.165, 1.54) is 7.11 Å². The summed E-state index contributed by atoms with van der Waals surface area (Å²) in [5.74, 6) is 0.645. The molecule has 0 atom stereocenters. The fourth-order valence-electron chi connectivity index (χ4n) is 1.87. The molecule has 7 heteroatoms. The molecule has 120 valence electrons. The lowest BCUT2D eigenvalue weighted by Crippen LogP contribution is -2.34. The van der Waals surface area contributed by atoms with E-state index in [-0.39, 0.29) is 11.0 Å². The van der Waals surface area contributed by atoms with E-state index >= 15 is 0 Å². The molecule has 0 aliphatic rings. The van der Waals surface area contributed by atoms with Crippen LogP contribution in [0.3, 0.4) is 0 Å². The average Bonchev–Trinajstić information content (AvgIpc) is 2.56. The molecule has 0 bridgehead atoms. The predicted molar refractivity (Wildman–Crippen MR) is 97.4 cm³/mol. The summed E-state index contributed by atoms with van der Waals surface area (Å²) in [6.45, 7) is 0. The van der Waals surface area contributed by atoms with Crippen molar-refractivity contribution in [2.45, 2.75) is 0 Å². The average molecular weight is 395 g/mol. The Balaban J connectivity index is 2.10. The summed E-state index contributed by atoms with van der Waals surface area (Å²) in [5, 5.41) is 5.78. The minimum atomic E-state index is -0.367. The van der Waals surface area contributed by atoms with Crippen LogP contribution in [0.1, 0.15) is 10.4 Å². The number of anilines is 1. The summed E-state index contributed by atoms with van der Waals surface area (Å²) in [5.41, 5.74) is 1.13. The van der Waals surface area contributed by atoms with Crippen molar-refractivity contribution in [2.24, 2.45) is 0 Å². The first kappa shape index (κ1) is 17.2. The Morgan fingerprint density at radius 1 is 1.13 bits per heavy atom. The second-order valence-corrected chi connectivity index (χ2v) is 5.72. The second kappa shape index (κ2) is 7.94. The van der Waals surface area contributed by atoms with Gasteiger partial charge in [0, 0.05) is 10.5 Å². The van der Waals surface area contributed by atoms with Crippen LogP contribution in [-0.2, 0) is 0 Å². The van der Waals surface area contributed by atoms with Crippen molar-refractivity contribution in [2.75, 3.05) is 19.5 Å². The lowest BCUT2D eigenvalue weighted by molar-refractivity contribution is 0.0974. The Bertz CT molecular complexity index is 737. The molecular formula is C16H15BrN2O3S. The van der Waals surface area contributed by atoms with Crippen LogP contribution in [0.2, 0.25) is 0 Å². The summed E-state index contributed by atoms with van der Waals surface area (Å²) >= 11 is 8.58. The molecule has 5 nitrogen and oxygen atoms in total. The molecule has 2 rings (SSSR count). The molecule has 23 heavy (non-hydrogen) atoms. The smallest absolute Gasteiger partial charge is 0.261 e. The number of methoxy groups -OCH3 is 2. The van der Waals surface area contributed by atoms with Crippen LogP contribution in [0.5, 0.6) is 11.5 Å². The van der Waals surface area contributed by atoms with E-state index in [4.69, 9.17) is 21.7 Å². The highest BCUT2D eigenvalue weighted by atomic mass is 79.9. The number of nitrogens with one attached hydrogen (secondary N) is 2. The highest BCUT2D eigenvalue weighted by Crippen LogP contribution is 2.25. The summed E-state index contributed by atoms with van der Waals surface area (Å²) in [6, 6.07) is 12.4. The zero-order chi connectivity index (χ0) is 16.8. The van der Waals surface area contributed by atoms with Crippen LogP contribution < -0.4 is 20.1 Å². The van der Waals surface area contributed by atoms with E-state index in [1.54, 1.807) is 25.3 Å². The van der Waals surface area contributed by atoms with Crippen molar-refractivity contribution < 1.29 is 14.3 Å². The van der Waals surface area contributed by atoms with E-state index < -0.39 is 0 Å². The molecule has 0 fully saturated rings. The molecule has 2 aromatic carbocycles. The Morgan fingerprint density at radius 2 is 1.87 bits per heavy atom. The molecule has 2 aromatic rings. The van der Waals surface area contributed by atoms with E-state index in [0.29, 0.717) is 17.1 Å². The predicted octanol–water partition coefficient (Wildman–Crippen LogP) is 3.59. The standard InChI is InChI=1S/C16H15BrN2O3S/c1-21-10-7-8-11(14(9-10)22-2)15(20)19-16(23)18-13-6-4-3-5-12(13)17/h3-9H,1-2H3,(H2,18,19,20,23). The summed E-state index contributed by atoms with van der Waals surface area (Å²) in [4.78, 5) is 12.3. The summed E-state index contributed by atoms with van der Waals surface area (Å²) < 4.78 is 11.2. The normalized spacial score (nSPS) is 9.87. The third-order valence-electron chi connectivity index (χ3n) is 3.00. The lowest BCUT2D eigenvalue weighted by Gasteiger charge is -2.13. The van der Waals surface area contributed by atoms with Crippen molar-refractivity contribution in [1.82, 2.24) is 5.32 Å². The van der Waals surface area contributed by atoms with E-state index in [2.05, 4.69) is 26.6 Å². The van der Waals surface area contributed by atoms with Crippen molar-refractivity contribution in [3.63, 3.8) is 0 Å². The van der Waals surface area contributed by atoms with Crippen LogP contribution in [0.4, 0.5) is 5.69 Å². The van der Waals surface area contributed by atoms with Gasteiger partial charge in [-0.25, -0.2) is 0 Å². The van der Waals surface area contributed by atoms with E-state index in [1.807, 2.05) is 24.3 Å². The molecule has 0 heterocycles. The number of halogens is 1. The summed E-state index contributed by atoms with van der Waals surface area (Å²) in [7, 11) is 3.04. The van der Waals surface area contributed by atoms with Gasteiger partial charge in [0.05, 0.1) is 25.5 Å². The van der Waals surface area contributed by atoms with Gasteiger partial charge in [0.1, 0.15) is 11.5 Å². The van der Waals surface area contributed by atoms with Crippen LogP contribution in [0.15, 0.2) is 46.9 Å². The van der Waals surface area contributed by atoms with Crippen molar-refractivity contribution in [1.29, 1.82) is 0 Å². The molecule has 0 aliphatic heterocycles. The largest absolute Gasteiger partial charge is 0.497 e. The highest BCUT2D eigenvalue weighted by Gasteiger charge is 2.15. The number of hydrogen-bond donors (Lipinski definition) is 2. The molecule has 0 saturated carbocycles. The molecule has 1 amide bonds. The fraction of sp³-hybridized carbons (Fsp3) is 0.125. The van der Waals surface area contributed by atoms with Crippen LogP contribution in [0.25, 0.3) is 0 Å². The van der Waals surface area contributed by atoms with Crippen molar-refractivity contribution in [3.05, 3.63) is 52.5 Å². The third-order valence-corrected chi connectivity index (χ3v) is 3.90. The minimum Gasteiger partial charge on any atom is -0.497 e. The van der Waals surface area contributed by atoms with Gasteiger partial charge in [-0.15, -0.1) is 0 Å². The molecular weight excluding hydrogens is 380 g/mol. The number of rotatable bonds is 4. The number of benzene rings is 2. The van der Waals surface area contributed by atoms with Crippen LogP contribution in [-0.4, -0.2) is 25.2 Å². The van der Waals surface area contributed by atoms with Crippen LogP contribution in [0, 0.1) is 0 Å². The van der Waals surface area contributed by atoms with Crippen LogP contribution >= 0.6 is 28.1 Å². The maximum Gasteiger partial charge on any atom is 0.261 e. The van der Waals surface area contributed by atoms with Crippen molar-refractivity contribution in [3.8, 4) is 11.5 Å². The maximum atomic E-state index is 12.3. The monoisotopic (exact) mass is 394 g/mol. The van der Waals surface area contributed by atoms with Gasteiger partial charge in [-0.1, -0.05) is 12.1 Å². The first-order chi connectivity index (χ1) is 11.0. The number of thiocarbonyl (C=S) groups is 1. The Kier molecular flexibility index (Phi) is 5.95. The molecule has 0 spiro atoms. The van der Waals surface area contributed by atoms with Gasteiger partial charge in [0.15, 0.2) is 5.11 Å². The number of carbonyl (C=O) groups excluding carboxylic acids is 1. The SMILES string of the molecule is COc1ccc(C(=O)NC(=S)Nc2ccccc2Br)c(OC)c1. The number of amides is 1. The quantitative estimate of drug-likeness (QED) is 0.775. The van der Waals surface area contributed by atoms with Gasteiger partial charge in [-0.2, -0.15) is 0 Å². The maximum absolute atomic E-state index is 12.3. The van der Waals surface area contributed by atoms with Gasteiger partial charge in [0.25, 0.3) is 5.91 Å². The van der Waals surface area contributed by atoms with E-state index in [9.17, 15) is 4.79 Å². The molecule has 0 saturated heterocycles. The Hall–Kier alpha value is -2.12. The molecule has 0 aromatic heterocycles. The highest BCUT2D eigenvalue weighted by molar-refractivity contribution is 9.10. The van der Waals surface area contributed by atoms with Gasteiger partial charge >= 0.3 is 0 Å². The third kappa shape index (κ3) is 4.43. The number of carbonyl (C=O) groups is 1. The Morgan fingerprint density at radius 3 is 2.52 bits per heavy atom. The molecule has 2 N–H and O–H groups in total. The van der Waals surface area contributed by atoms with Gasteiger partial charge in [-0.3, -0.25) is 10.1 Å². The van der Waals surface area contributed by atoms with Crippen molar-refractivity contribution >= 4 is 44.9 Å². The fourth-order valence-corrected chi connectivity index (χ4v) is 2.46. The van der Waals surface area contributed by atoms with Gasteiger partial charge < -0.3 is 14.8 Å². The zero-order valence-electron chi connectivity index (χ0n) is 12.6. The van der Waals surface area contributed by atoms with Gasteiger partial charge in [0.2, 0.25) is 0 Å². The number of para-hydroxylation sites is 1. The van der Waals surface area contributed by atoms with Gasteiger partial charge in [-0.05, 0) is 52.4 Å². The summed E-state index contributed by atoms with van der Waals surface area (Å²) in [6.07, 6.45) is 0. The second-order valence-electron chi connectivity index (χ2n) is 4.45. The molecule has 0 radical (unpaired) electrons. The zero-order valence-corrected chi connectivity index (χ0v) is 15.0. The lowest BCUT2D eigenvalue weighted by atomic mass is 10.2. The number of hydrogen-bond acceptors (Lipinski definition) is 4. The van der Waals surface area contributed by atoms with E-state index in [0.717, 1.165) is 10.2 Å². The first-order valence-corrected chi connectivity index (χ1v) is 7.84. The molecule has 0 unspecified atom stereocenters. The Labute approximate surface area is 148 Å². The topological polar surface area (TPSA) is 59.6 Å². The minimum absolute atomic E-state index is 0.194.